The van der Waals surface area contributed by atoms with Gasteiger partial charge < -0.3 is 20.9 Å². The highest BCUT2D eigenvalue weighted by Gasteiger charge is 2.27. The topological polar surface area (TPSA) is 191 Å². The Bertz CT molecular complexity index is 3350. The molecule has 0 unspecified atom stereocenters. The van der Waals surface area contributed by atoms with E-state index >= 15 is 0 Å². The molecule has 392 valence electrons. The number of carbonyl (C=O) groups is 2. The van der Waals surface area contributed by atoms with E-state index in [1.54, 1.807) is 73.3 Å². The summed E-state index contributed by atoms with van der Waals surface area (Å²) in [6.45, 7) is 15.1. The molecule has 0 spiro atoms. The summed E-state index contributed by atoms with van der Waals surface area (Å²) in [5, 5.41) is 0. The number of methoxy groups -OCH3 is 2. The van der Waals surface area contributed by atoms with E-state index in [2.05, 4.69) is 51.7 Å². The zero-order valence-corrected chi connectivity index (χ0v) is 43.2. The number of hydrogen-bond acceptors (Lipinski definition) is 12. The first-order valence-corrected chi connectivity index (χ1v) is 25.7. The first kappa shape index (κ1) is 53.9. The fourth-order valence-electron chi connectivity index (χ4n) is 10.5. The summed E-state index contributed by atoms with van der Waals surface area (Å²) in [7, 11) is 2.90. The predicted molar refractivity (Wildman–Crippen MR) is 294 cm³/mol. The Labute approximate surface area is 451 Å². The van der Waals surface area contributed by atoms with Gasteiger partial charge >= 0.3 is 0 Å². The average Bonchev–Trinajstić information content (AvgIpc) is 3.48. The maximum absolute atomic E-state index is 14.6. The molecule has 0 aliphatic heterocycles. The number of Topliss-reactive ketones (excluding diaryl/α,β-unsaturated/α-hetero) is 2. The van der Waals surface area contributed by atoms with Gasteiger partial charge in [-0.3, -0.25) is 19.6 Å². The highest BCUT2D eigenvalue weighted by molar-refractivity contribution is 5.97. The van der Waals surface area contributed by atoms with Crippen LogP contribution >= 0.6 is 0 Å². The van der Waals surface area contributed by atoms with Crippen LogP contribution in [0.15, 0.2) is 134 Å². The molecule has 0 radical (unpaired) electrons. The van der Waals surface area contributed by atoms with E-state index in [9.17, 15) is 18.4 Å². The van der Waals surface area contributed by atoms with Gasteiger partial charge in [-0.15, -0.1) is 0 Å². The van der Waals surface area contributed by atoms with Gasteiger partial charge in [0.1, 0.15) is 34.5 Å². The van der Waals surface area contributed by atoms with Crippen molar-refractivity contribution in [3.63, 3.8) is 0 Å². The van der Waals surface area contributed by atoms with Crippen molar-refractivity contribution in [2.24, 2.45) is 11.5 Å². The van der Waals surface area contributed by atoms with E-state index in [4.69, 9.17) is 34.1 Å². The Balaban J connectivity index is 0.000000190. The third kappa shape index (κ3) is 12.2. The summed E-state index contributed by atoms with van der Waals surface area (Å²) in [5.41, 5.74) is 21.3. The second-order valence-corrected chi connectivity index (χ2v) is 19.4. The number of ketones is 2. The summed E-state index contributed by atoms with van der Waals surface area (Å²) < 4.78 is 39.9. The van der Waals surface area contributed by atoms with E-state index < -0.39 is 11.6 Å². The Morgan fingerprint density at radius 1 is 0.564 bits per heavy atom. The Kier molecular flexibility index (Phi) is 17.1. The van der Waals surface area contributed by atoms with E-state index in [1.165, 1.54) is 38.7 Å². The Hall–Kier alpha value is -8.96. The minimum Gasteiger partial charge on any atom is -0.496 e. The number of nitrogens with two attached hydrogens (primary N) is 2. The van der Waals surface area contributed by atoms with Gasteiger partial charge in [-0.1, -0.05) is 48.5 Å². The van der Waals surface area contributed by atoms with Crippen LogP contribution in [0.5, 0.6) is 11.5 Å². The van der Waals surface area contributed by atoms with Crippen molar-refractivity contribution < 1.29 is 27.8 Å². The molecule has 10 rings (SSSR count). The monoisotopic (exact) mass is 1040 g/mol. The van der Waals surface area contributed by atoms with Crippen LogP contribution in [0.1, 0.15) is 106 Å². The largest absolute Gasteiger partial charge is 0.496 e. The van der Waals surface area contributed by atoms with Gasteiger partial charge in [-0.2, -0.15) is 0 Å². The lowest BCUT2D eigenvalue weighted by Gasteiger charge is -2.28. The molecule has 4 aromatic heterocycles. The van der Waals surface area contributed by atoms with Crippen molar-refractivity contribution in [2.45, 2.75) is 88.1 Å². The van der Waals surface area contributed by atoms with Crippen LogP contribution in [0.4, 0.5) is 20.2 Å². The quantitative estimate of drug-likeness (QED) is 0.0775. The van der Waals surface area contributed by atoms with Crippen LogP contribution in [0.3, 0.4) is 0 Å². The number of hydrogen-bond donors (Lipinski definition) is 2. The smallest absolute Gasteiger partial charge is 0.197 e. The van der Waals surface area contributed by atoms with Crippen LogP contribution in [0.25, 0.3) is 54.7 Å². The van der Waals surface area contributed by atoms with Gasteiger partial charge in [0, 0.05) is 73.2 Å². The van der Waals surface area contributed by atoms with E-state index in [-0.39, 0.29) is 82.5 Å². The molecule has 14 nitrogen and oxygen atoms in total. The summed E-state index contributed by atoms with van der Waals surface area (Å²) in [5.74, 6) is -0.162. The molecular formula is C62H56F2N10O4. The number of carbonyl (C=O) groups excluding carboxylic acids is 2. The molecule has 8 aromatic rings. The molecular weight excluding hydrogens is 987 g/mol. The Morgan fingerprint density at radius 3 is 1.36 bits per heavy atom. The van der Waals surface area contributed by atoms with E-state index in [1.807, 2.05) is 24.3 Å². The van der Waals surface area contributed by atoms with Crippen molar-refractivity contribution in [2.75, 3.05) is 14.2 Å². The van der Waals surface area contributed by atoms with Gasteiger partial charge in [0.15, 0.2) is 34.6 Å². The lowest BCUT2D eigenvalue weighted by Crippen LogP contribution is -2.26. The number of benzene rings is 4. The van der Waals surface area contributed by atoms with Gasteiger partial charge in [-0.05, 0) is 145 Å². The number of rotatable bonds is 14. The molecule has 4 N–H and O–H groups in total. The van der Waals surface area contributed by atoms with Gasteiger partial charge in [0.25, 0.3) is 0 Å². The standard InChI is InChI=1S/2C31H28FN5O2/c2*1-34-26-12-14-35-18-24(26)20-6-7-21(23(16-20)19-8-10-22(33)11-9-19)17-28(38)27-13-15-36-31(37-27)30-25(32)4-3-5-29(30)39-2/h2*3-7,12-16,18-19,22H,8-11,17,33H2,2H3. The number of pyridine rings is 2. The normalized spacial score (nSPS) is 16.9. The lowest BCUT2D eigenvalue weighted by atomic mass is 9.78. The molecule has 4 heterocycles. The Morgan fingerprint density at radius 2 is 0.974 bits per heavy atom. The van der Waals surface area contributed by atoms with Crippen molar-refractivity contribution >= 4 is 22.9 Å². The number of ether oxygens (including phenoxy) is 2. The molecule has 16 heteroatoms. The minimum atomic E-state index is -0.526. The van der Waals surface area contributed by atoms with E-state index in [0.717, 1.165) is 95.9 Å². The fraction of sp³-hybridized carbons (Fsp3) is 0.258. The fourth-order valence-corrected chi connectivity index (χ4v) is 10.5. The first-order valence-electron chi connectivity index (χ1n) is 25.7. The molecule has 78 heavy (non-hydrogen) atoms. The van der Waals surface area contributed by atoms with Gasteiger partial charge in [-0.25, -0.2) is 38.4 Å². The molecule has 2 saturated carbocycles. The second kappa shape index (κ2) is 24.8. The van der Waals surface area contributed by atoms with Crippen molar-refractivity contribution in [3.05, 3.63) is 202 Å². The highest BCUT2D eigenvalue weighted by atomic mass is 19.1. The molecule has 2 fully saturated rings. The summed E-state index contributed by atoms with van der Waals surface area (Å²) in [6, 6.07) is 27.8. The summed E-state index contributed by atoms with van der Waals surface area (Å²) in [6.07, 6.45) is 17.2. The highest BCUT2D eigenvalue weighted by Crippen LogP contribution is 2.41. The third-order valence-corrected chi connectivity index (χ3v) is 14.6. The zero-order valence-electron chi connectivity index (χ0n) is 43.2. The van der Waals surface area contributed by atoms with E-state index in [0.29, 0.717) is 22.9 Å². The molecule has 2 aliphatic carbocycles. The third-order valence-electron chi connectivity index (χ3n) is 14.6. The SMILES string of the molecule is [C-]#[N+]c1ccncc1-c1ccc(CC(=O)c2ccnc(-c3c(F)cccc3OC)n2)c(C2CCC(N)CC2)c1.[C-]#[N+]c1ccncc1-c1ccc(CC(=O)c2ccnc(-c3c(F)cccc3OC)n2)c(C2CCC(N)CC2)c1. The number of aromatic nitrogens is 6. The summed E-state index contributed by atoms with van der Waals surface area (Å²) in [4.78, 5) is 60.0. The lowest BCUT2D eigenvalue weighted by molar-refractivity contribution is 0.0979. The average molecular weight is 1040 g/mol. The minimum absolute atomic E-state index is 0.0934. The predicted octanol–water partition coefficient (Wildman–Crippen LogP) is 12.6. The maximum Gasteiger partial charge on any atom is 0.197 e. The van der Waals surface area contributed by atoms with Crippen molar-refractivity contribution in [1.82, 2.24) is 29.9 Å². The van der Waals surface area contributed by atoms with Crippen molar-refractivity contribution in [3.8, 4) is 56.5 Å². The first-order chi connectivity index (χ1) is 38.0. The van der Waals surface area contributed by atoms with Gasteiger partial charge in [0.2, 0.25) is 0 Å². The van der Waals surface area contributed by atoms with Crippen LogP contribution in [-0.2, 0) is 12.8 Å². The summed E-state index contributed by atoms with van der Waals surface area (Å²) >= 11 is 0. The van der Waals surface area contributed by atoms with Gasteiger partial charge in [0.05, 0.1) is 38.5 Å². The van der Waals surface area contributed by atoms with Crippen molar-refractivity contribution in [1.29, 1.82) is 0 Å². The molecule has 4 aromatic carbocycles. The molecule has 0 bridgehead atoms. The van der Waals surface area contributed by atoms with Crippen LogP contribution in [0, 0.1) is 24.8 Å². The van der Waals surface area contributed by atoms with Crippen LogP contribution in [0.2, 0.25) is 0 Å². The molecule has 0 saturated heterocycles. The number of halogens is 2. The zero-order chi connectivity index (χ0) is 54.7. The molecule has 0 amide bonds. The maximum atomic E-state index is 14.6. The van der Waals surface area contributed by atoms with Crippen LogP contribution < -0.4 is 20.9 Å². The second-order valence-electron chi connectivity index (χ2n) is 19.4. The molecule has 0 atom stereocenters. The van der Waals surface area contributed by atoms with Crippen LogP contribution in [-0.4, -0.2) is 67.8 Å². The molecule has 2 aliphatic rings. The number of nitrogens with zero attached hydrogens (tertiary/aromatic N) is 8.